The minimum Gasteiger partial charge on any atom is -0.332 e. The van der Waals surface area contributed by atoms with E-state index >= 15 is 0 Å². The van der Waals surface area contributed by atoms with Crippen molar-refractivity contribution in [2.75, 3.05) is 7.05 Å². The topological polar surface area (TPSA) is 15.3 Å². The molecule has 0 aromatic carbocycles. The summed E-state index contributed by atoms with van der Waals surface area (Å²) in [5, 5.41) is 0. The van der Waals surface area contributed by atoms with E-state index in [-0.39, 0.29) is 5.54 Å². The lowest BCUT2D eigenvalue weighted by Gasteiger charge is -2.46. The Morgan fingerprint density at radius 3 is 2.23 bits per heavy atom. The van der Waals surface area contributed by atoms with Crippen molar-refractivity contribution in [1.82, 2.24) is 9.88 Å². The zero-order valence-corrected chi connectivity index (χ0v) is 19.5. The third kappa shape index (κ3) is 3.14. The summed E-state index contributed by atoms with van der Waals surface area (Å²) in [5.41, 5.74) is 1.19. The zero-order valence-electron chi connectivity index (χ0n) is 18.5. The summed E-state index contributed by atoms with van der Waals surface area (Å²) in [4.78, 5) is 7.14. The molecule has 0 radical (unpaired) electrons. The summed E-state index contributed by atoms with van der Waals surface area (Å²) >= 11 is 0. The molecule has 0 bridgehead atoms. The molecule has 3 saturated carbocycles. The van der Waals surface area contributed by atoms with E-state index in [0.717, 1.165) is 47.2 Å². The Kier molecular flexibility index (Phi) is 4.93. The molecule has 4 fully saturated rings. The highest BCUT2D eigenvalue weighted by molar-refractivity contribution is 6.76. The molecule has 1 aliphatic heterocycles. The zero-order chi connectivity index (χ0) is 18.9. The Morgan fingerprint density at radius 1 is 0.923 bits per heavy atom. The second-order valence-electron chi connectivity index (χ2n) is 12.1. The van der Waals surface area contributed by atoms with Gasteiger partial charge in [-0.3, -0.25) is 4.90 Å². The van der Waals surface area contributed by atoms with E-state index in [0.29, 0.717) is 0 Å². The molecule has 26 heavy (non-hydrogen) atoms. The maximum absolute atomic E-state index is 4.21. The van der Waals surface area contributed by atoms with Crippen molar-refractivity contribution < 1.29 is 0 Å². The number of likely N-dealkylation sites (tertiary alicyclic amines) is 1. The van der Waals surface area contributed by atoms with Crippen LogP contribution in [-0.2, 0) is 0 Å². The largest absolute Gasteiger partial charge is 0.332 e. The number of nitrogens with one attached hydrogen (secondary N) is 1. The summed E-state index contributed by atoms with van der Waals surface area (Å²) in [6, 6.07) is 1.77. The Morgan fingerprint density at radius 2 is 1.58 bits per heavy atom. The molecule has 1 heterocycles. The van der Waals surface area contributed by atoms with Crippen LogP contribution in [0.4, 0.5) is 0 Å². The summed E-state index contributed by atoms with van der Waals surface area (Å²) in [6.07, 6.45) is 10.5. The van der Waals surface area contributed by atoms with E-state index in [9.17, 15) is 0 Å². The average Bonchev–Trinajstić information content (AvgIpc) is 2.99. The molecule has 0 aromatic rings. The molecule has 150 valence electrons. The summed E-state index contributed by atoms with van der Waals surface area (Å²) in [5.74, 6) is 5.02. The Labute approximate surface area is 164 Å². The predicted molar refractivity (Wildman–Crippen MR) is 115 cm³/mol. The van der Waals surface area contributed by atoms with Gasteiger partial charge in [0.25, 0.3) is 0 Å². The van der Waals surface area contributed by atoms with Crippen molar-refractivity contribution in [3.8, 4) is 0 Å². The molecule has 7 unspecified atom stereocenters. The normalized spacial score (nSPS) is 46.7. The van der Waals surface area contributed by atoms with Crippen LogP contribution in [0.2, 0.25) is 18.6 Å². The van der Waals surface area contributed by atoms with Crippen LogP contribution in [0, 0.1) is 29.6 Å². The van der Waals surface area contributed by atoms with Gasteiger partial charge in [0, 0.05) is 17.6 Å². The maximum Gasteiger partial charge on any atom is 0.124 e. The van der Waals surface area contributed by atoms with E-state index in [4.69, 9.17) is 0 Å². The lowest BCUT2D eigenvalue weighted by atomic mass is 9.68. The average molecular weight is 377 g/mol. The van der Waals surface area contributed by atoms with Gasteiger partial charge in [0.2, 0.25) is 0 Å². The van der Waals surface area contributed by atoms with Crippen LogP contribution >= 0.6 is 0 Å². The van der Waals surface area contributed by atoms with Crippen LogP contribution in [0.25, 0.3) is 0 Å². The Balaban J connectivity index is 1.70. The number of fused-ring (bicyclic) bond motifs is 5. The lowest BCUT2D eigenvalue weighted by Crippen LogP contribution is -2.61. The molecule has 3 heteroatoms. The van der Waals surface area contributed by atoms with E-state index in [2.05, 4.69) is 57.7 Å². The van der Waals surface area contributed by atoms with Gasteiger partial charge in [0.15, 0.2) is 0 Å². The third-order valence-corrected chi connectivity index (χ3v) is 12.6. The quantitative estimate of drug-likeness (QED) is 0.640. The van der Waals surface area contributed by atoms with E-state index in [1.165, 1.54) is 44.9 Å². The van der Waals surface area contributed by atoms with Crippen LogP contribution in [0.1, 0.15) is 72.6 Å². The second kappa shape index (κ2) is 6.59. The second-order valence-corrected chi connectivity index (χ2v) is 16.5. The van der Waals surface area contributed by atoms with Crippen molar-refractivity contribution >= 4 is 8.24 Å². The van der Waals surface area contributed by atoms with Crippen molar-refractivity contribution in [3.05, 3.63) is 0 Å². The molecule has 8 atom stereocenters. The van der Waals surface area contributed by atoms with Crippen molar-refractivity contribution in [2.45, 2.75) is 109 Å². The van der Waals surface area contributed by atoms with Gasteiger partial charge in [-0.1, -0.05) is 39.3 Å². The maximum atomic E-state index is 4.21. The van der Waals surface area contributed by atoms with Gasteiger partial charge in [0.05, 0.1) is 0 Å². The Bertz CT molecular complexity index is 525. The van der Waals surface area contributed by atoms with Gasteiger partial charge in [-0.05, 0) is 88.6 Å². The van der Waals surface area contributed by atoms with Gasteiger partial charge < -0.3 is 4.98 Å². The molecule has 0 aromatic heterocycles. The fourth-order valence-electron chi connectivity index (χ4n) is 8.51. The SMILES string of the molecule is CC1CCC2C(C1)[C@H]1C3CCCCC3C([Si](C)(C)NC(C)(C)C)C1N2C. The van der Waals surface area contributed by atoms with Crippen LogP contribution in [-0.4, -0.2) is 37.8 Å². The third-order valence-electron chi connectivity index (χ3n) is 8.74. The number of hydrogen-bond acceptors (Lipinski definition) is 2. The number of hydrogen-bond donors (Lipinski definition) is 1. The van der Waals surface area contributed by atoms with Crippen molar-refractivity contribution in [1.29, 1.82) is 0 Å². The standard InChI is InChI=1S/C23H44N2Si/c1-15-12-13-19-18(14-15)20-16-10-8-9-11-17(16)22(21(20)25(19)5)26(6,7)24-23(2,3)4/h15-22,24H,8-14H2,1-7H3/t15?,16?,17?,18?,19?,20-,21?,22?/m1/s1. The molecule has 1 N–H and O–H groups in total. The number of nitrogens with zero attached hydrogens (tertiary/aromatic N) is 1. The van der Waals surface area contributed by atoms with Gasteiger partial charge in [-0.15, -0.1) is 0 Å². The molecule has 4 aliphatic rings. The molecule has 0 amide bonds. The van der Waals surface area contributed by atoms with Gasteiger partial charge in [0.1, 0.15) is 8.24 Å². The van der Waals surface area contributed by atoms with Crippen LogP contribution in [0.3, 0.4) is 0 Å². The highest BCUT2D eigenvalue weighted by Gasteiger charge is 2.64. The van der Waals surface area contributed by atoms with Crippen LogP contribution < -0.4 is 4.98 Å². The summed E-state index contributed by atoms with van der Waals surface area (Å²) in [6.45, 7) is 15.0. The summed E-state index contributed by atoms with van der Waals surface area (Å²) in [7, 11) is 1.00. The number of rotatable bonds is 2. The monoisotopic (exact) mass is 376 g/mol. The first-order chi connectivity index (χ1) is 12.1. The first kappa shape index (κ1) is 19.5. The van der Waals surface area contributed by atoms with Crippen molar-refractivity contribution in [3.63, 3.8) is 0 Å². The molecule has 3 aliphatic carbocycles. The minimum absolute atomic E-state index is 0.246. The van der Waals surface area contributed by atoms with Crippen LogP contribution in [0.5, 0.6) is 0 Å². The van der Waals surface area contributed by atoms with Gasteiger partial charge in [-0.2, -0.15) is 0 Å². The van der Waals surface area contributed by atoms with E-state index in [1.807, 2.05) is 0 Å². The minimum atomic E-state index is -1.51. The molecular weight excluding hydrogens is 332 g/mol. The molecular formula is C23H44N2Si. The smallest absolute Gasteiger partial charge is 0.124 e. The molecule has 2 nitrogen and oxygen atoms in total. The molecule has 1 saturated heterocycles. The van der Waals surface area contributed by atoms with E-state index in [1.54, 1.807) is 0 Å². The fourth-order valence-corrected chi connectivity index (χ4v) is 13.4. The first-order valence-corrected chi connectivity index (χ1v) is 14.7. The molecule has 0 spiro atoms. The van der Waals surface area contributed by atoms with Crippen molar-refractivity contribution in [2.24, 2.45) is 29.6 Å². The molecule has 4 rings (SSSR count). The highest BCUT2D eigenvalue weighted by atomic mass is 28.3. The Hall–Kier alpha value is 0.137. The van der Waals surface area contributed by atoms with Gasteiger partial charge >= 0.3 is 0 Å². The highest BCUT2D eigenvalue weighted by Crippen LogP contribution is 2.64. The lowest BCUT2D eigenvalue weighted by molar-refractivity contribution is 0.116. The van der Waals surface area contributed by atoms with E-state index < -0.39 is 8.24 Å². The fraction of sp³-hybridized carbons (Fsp3) is 1.00. The van der Waals surface area contributed by atoms with Gasteiger partial charge in [-0.25, -0.2) is 0 Å². The summed E-state index contributed by atoms with van der Waals surface area (Å²) < 4.78 is 0. The predicted octanol–water partition coefficient (Wildman–Crippen LogP) is 5.50. The van der Waals surface area contributed by atoms with Crippen LogP contribution in [0.15, 0.2) is 0 Å². The first-order valence-electron chi connectivity index (χ1n) is 11.6.